The first-order valence-electron chi connectivity index (χ1n) is 9.22. The average molecular weight is 418 g/mol. The molecular formula is C19H22N4O7. The molecule has 3 heterocycles. The van der Waals surface area contributed by atoms with Crippen molar-refractivity contribution in [1.29, 1.82) is 0 Å². The number of methoxy groups -OCH3 is 2. The van der Waals surface area contributed by atoms with Crippen LogP contribution in [-0.2, 0) is 9.53 Å². The number of β-amino-alcohol motifs (C(OH)–C–C–N with tert-alkyl or cyclic N) is 1. The van der Waals surface area contributed by atoms with E-state index in [2.05, 4.69) is 15.0 Å². The van der Waals surface area contributed by atoms with Crippen LogP contribution in [0.4, 0.5) is 0 Å². The van der Waals surface area contributed by atoms with Gasteiger partial charge in [-0.3, -0.25) is 4.79 Å². The molecule has 2 atom stereocenters. The molecule has 2 aromatic heterocycles. The van der Waals surface area contributed by atoms with Gasteiger partial charge in [0.25, 0.3) is 5.91 Å². The van der Waals surface area contributed by atoms with Crippen molar-refractivity contribution in [2.45, 2.75) is 25.5 Å². The van der Waals surface area contributed by atoms with E-state index in [4.69, 9.17) is 18.9 Å². The molecule has 1 N–H and O–H groups in total. The van der Waals surface area contributed by atoms with Gasteiger partial charge in [-0.2, -0.15) is 9.97 Å². The van der Waals surface area contributed by atoms with Crippen molar-refractivity contribution in [3.63, 3.8) is 0 Å². The summed E-state index contributed by atoms with van der Waals surface area (Å²) in [6.07, 6.45) is 0.658. The number of ether oxygens (including phenoxy) is 4. The number of aliphatic hydroxyl groups excluding tert-OH is 1. The van der Waals surface area contributed by atoms with Gasteiger partial charge in [0.1, 0.15) is 6.04 Å². The van der Waals surface area contributed by atoms with E-state index in [0.717, 1.165) is 0 Å². The summed E-state index contributed by atoms with van der Waals surface area (Å²) in [5.41, 5.74) is -0.0636. The molecule has 0 aromatic carbocycles. The molecule has 1 fully saturated rings. The number of amides is 1. The molecule has 3 rings (SSSR count). The first-order valence-corrected chi connectivity index (χ1v) is 9.22. The van der Waals surface area contributed by atoms with Crippen molar-refractivity contribution < 1.29 is 33.6 Å². The van der Waals surface area contributed by atoms with E-state index >= 15 is 0 Å². The Morgan fingerprint density at radius 3 is 2.57 bits per heavy atom. The number of aliphatic hydroxyl groups is 1. The summed E-state index contributed by atoms with van der Waals surface area (Å²) in [5, 5.41) is 10.0. The van der Waals surface area contributed by atoms with E-state index in [0.29, 0.717) is 0 Å². The van der Waals surface area contributed by atoms with Crippen LogP contribution in [0.15, 0.2) is 24.4 Å². The van der Waals surface area contributed by atoms with Crippen LogP contribution in [0.5, 0.6) is 23.5 Å². The molecule has 0 spiro atoms. The number of pyridine rings is 1. The highest BCUT2D eigenvalue weighted by Crippen LogP contribution is 2.28. The van der Waals surface area contributed by atoms with Crippen LogP contribution in [0.3, 0.4) is 0 Å². The summed E-state index contributed by atoms with van der Waals surface area (Å²) >= 11 is 0. The first-order chi connectivity index (χ1) is 14.5. The normalized spacial score (nSPS) is 18.1. The molecule has 0 aliphatic carbocycles. The topological polar surface area (TPSA) is 133 Å². The monoisotopic (exact) mass is 418 g/mol. The molecule has 1 saturated heterocycles. The second kappa shape index (κ2) is 9.35. The number of hydrogen-bond acceptors (Lipinski definition) is 10. The maximum atomic E-state index is 13.1. The summed E-state index contributed by atoms with van der Waals surface area (Å²) in [6.45, 7) is 1.81. The van der Waals surface area contributed by atoms with E-state index in [1.54, 1.807) is 13.0 Å². The van der Waals surface area contributed by atoms with E-state index in [1.807, 2.05) is 0 Å². The Hall–Kier alpha value is -3.47. The largest absolute Gasteiger partial charge is 0.481 e. The molecule has 160 valence electrons. The third kappa shape index (κ3) is 4.57. The molecule has 0 radical (unpaired) electrons. The van der Waals surface area contributed by atoms with Crippen LogP contribution < -0.4 is 14.2 Å². The molecule has 11 nitrogen and oxygen atoms in total. The lowest BCUT2D eigenvalue weighted by Crippen LogP contribution is -2.42. The Bertz CT molecular complexity index is 901. The molecule has 2 aromatic rings. The fraction of sp³-hybridized carbons (Fsp3) is 0.421. The predicted octanol–water partition coefficient (Wildman–Crippen LogP) is 0.820. The summed E-state index contributed by atoms with van der Waals surface area (Å²) in [5.74, 6) is -0.684. The molecule has 1 aliphatic rings. The standard InChI is InChI=1S/C19H22N4O7/c1-4-29-18(26)12-8-11(24)10-23(12)17(25)16-13(6-5-7-20-16)30-19-21-14(27-2)9-15(22-19)28-3/h5-7,9,11-12,24H,4,8,10H2,1-3H3. The van der Waals surface area contributed by atoms with Gasteiger partial charge in [0.15, 0.2) is 11.4 Å². The SMILES string of the molecule is CCOC(=O)C1CC(O)CN1C(=O)c1ncccc1Oc1nc(OC)cc(OC)n1. The Labute approximate surface area is 172 Å². The van der Waals surface area contributed by atoms with Crippen LogP contribution in [-0.4, -0.2) is 76.4 Å². The van der Waals surface area contributed by atoms with Gasteiger partial charge in [-0.15, -0.1) is 0 Å². The quantitative estimate of drug-likeness (QED) is 0.644. The third-order valence-corrected chi connectivity index (χ3v) is 4.35. The number of hydrogen-bond donors (Lipinski definition) is 1. The molecule has 2 unspecified atom stereocenters. The van der Waals surface area contributed by atoms with Crippen LogP contribution in [0.2, 0.25) is 0 Å². The summed E-state index contributed by atoms with van der Waals surface area (Å²) < 4.78 is 20.9. The van der Waals surface area contributed by atoms with Gasteiger partial charge in [-0.25, -0.2) is 9.78 Å². The fourth-order valence-corrected chi connectivity index (χ4v) is 3.01. The van der Waals surface area contributed by atoms with Crippen molar-refractivity contribution in [2.24, 2.45) is 0 Å². The second-order valence-corrected chi connectivity index (χ2v) is 6.30. The smallest absolute Gasteiger partial charge is 0.328 e. The maximum absolute atomic E-state index is 13.1. The number of carbonyl (C=O) groups is 2. The third-order valence-electron chi connectivity index (χ3n) is 4.35. The van der Waals surface area contributed by atoms with Gasteiger partial charge < -0.3 is 29.0 Å². The Balaban J connectivity index is 1.89. The molecule has 1 amide bonds. The van der Waals surface area contributed by atoms with Crippen LogP contribution in [0, 0.1) is 0 Å². The number of nitrogens with zero attached hydrogens (tertiary/aromatic N) is 4. The molecule has 11 heteroatoms. The highest BCUT2D eigenvalue weighted by atomic mass is 16.5. The van der Waals surface area contributed by atoms with Gasteiger partial charge in [0.05, 0.1) is 33.0 Å². The lowest BCUT2D eigenvalue weighted by molar-refractivity contribution is -0.147. The van der Waals surface area contributed by atoms with Gasteiger partial charge in [-0.05, 0) is 19.1 Å². The molecule has 1 aliphatic heterocycles. The van der Waals surface area contributed by atoms with Gasteiger partial charge in [0, 0.05) is 19.2 Å². The highest BCUT2D eigenvalue weighted by molar-refractivity contribution is 5.97. The molecule has 30 heavy (non-hydrogen) atoms. The van der Waals surface area contributed by atoms with Crippen molar-refractivity contribution in [1.82, 2.24) is 19.9 Å². The number of esters is 1. The summed E-state index contributed by atoms with van der Waals surface area (Å²) in [6, 6.07) is 3.54. The molecule has 0 saturated carbocycles. The number of rotatable bonds is 7. The lowest BCUT2D eigenvalue weighted by atomic mass is 10.2. The van der Waals surface area contributed by atoms with Crippen molar-refractivity contribution in [3.05, 3.63) is 30.1 Å². The van der Waals surface area contributed by atoms with Crippen LogP contribution in [0.25, 0.3) is 0 Å². The Morgan fingerprint density at radius 1 is 1.23 bits per heavy atom. The van der Waals surface area contributed by atoms with E-state index < -0.39 is 24.0 Å². The van der Waals surface area contributed by atoms with Crippen molar-refractivity contribution in [2.75, 3.05) is 27.4 Å². The van der Waals surface area contributed by atoms with Crippen LogP contribution >= 0.6 is 0 Å². The van der Waals surface area contributed by atoms with Gasteiger partial charge in [0.2, 0.25) is 11.8 Å². The highest BCUT2D eigenvalue weighted by Gasteiger charge is 2.41. The zero-order valence-corrected chi connectivity index (χ0v) is 16.8. The average Bonchev–Trinajstić information content (AvgIpc) is 3.15. The molecule has 0 bridgehead atoms. The van der Waals surface area contributed by atoms with Crippen LogP contribution in [0.1, 0.15) is 23.8 Å². The fourth-order valence-electron chi connectivity index (χ4n) is 3.01. The summed E-state index contributed by atoms with van der Waals surface area (Å²) in [4.78, 5) is 38.8. The number of likely N-dealkylation sites (tertiary alicyclic amines) is 1. The van der Waals surface area contributed by atoms with E-state index in [-0.39, 0.29) is 48.8 Å². The maximum Gasteiger partial charge on any atom is 0.328 e. The first kappa shape index (κ1) is 21.2. The zero-order chi connectivity index (χ0) is 21.7. The lowest BCUT2D eigenvalue weighted by Gasteiger charge is -2.23. The van der Waals surface area contributed by atoms with Gasteiger partial charge >= 0.3 is 12.0 Å². The minimum absolute atomic E-state index is 0.0260. The zero-order valence-electron chi connectivity index (χ0n) is 16.8. The summed E-state index contributed by atoms with van der Waals surface area (Å²) in [7, 11) is 2.86. The number of aromatic nitrogens is 3. The van der Waals surface area contributed by atoms with Crippen molar-refractivity contribution >= 4 is 11.9 Å². The second-order valence-electron chi connectivity index (χ2n) is 6.30. The minimum Gasteiger partial charge on any atom is -0.481 e. The van der Waals surface area contributed by atoms with E-state index in [1.165, 1.54) is 37.4 Å². The number of carbonyl (C=O) groups excluding carboxylic acids is 2. The Kier molecular flexibility index (Phi) is 6.62. The van der Waals surface area contributed by atoms with Crippen molar-refractivity contribution in [3.8, 4) is 23.5 Å². The minimum atomic E-state index is -0.907. The molecular weight excluding hydrogens is 396 g/mol. The Morgan fingerprint density at radius 2 is 1.93 bits per heavy atom. The van der Waals surface area contributed by atoms with E-state index in [9.17, 15) is 14.7 Å². The van der Waals surface area contributed by atoms with Gasteiger partial charge in [-0.1, -0.05) is 0 Å². The predicted molar refractivity (Wildman–Crippen MR) is 102 cm³/mol.